The largest absolute Gasteiger partial charge is 0.481 e. The molecule has 0 fully saturated rings. The van der Waals surface area contributed by atoms with E-state index >= 15 is 0 Å². The van der Waals surface area contributed by atoms with Crippen molar-refractivity contribution in [2.24, 2.45) is 5.41 Å². The predicted octanol–water partition coefficient (Wildman–Crippen LogP) is 3.27. The third-order valence-electron chi connectivity index (χ3n) is 3.28. The second-order valence-corrected chi connectivity index (χ2v) is 5.45. The zero-order valence-electron chi connectivity index (χ0n) is 11.1. The summed E-state index contributed by atoms with van der Waals surface area (Å²) in [6.07, 6.45) is 0.618. The molecule has 0 aromatic heterocycles. The summed E-state index contributed by atoms with van der Waals surface area (Å²) in [4.78, 5) is 13.3. The van der Waals surface area contributed by atoms with Crippen LogP contribution in [0.1, 0.15) is 25.8 Å². The van der Waals surface area contributed by atoms with Crippen LogP contribution in [0.15, 0.2) is 24.3 Å². The Labute approximate surface area is 113 Å². The van der Waals surface area contributed by atoms with Gasteiger partial charge in [-0.25, -0.2) is 0 Å². The summed E-state index contributed by atoms with van der Waals surface area (Å²) >= 11 is 5.83. The number of nitrogens with zero attached hydrogens (tertiary/aromatic N) is 1. The van der Waals surface area contributed by atoms with Crippen molar-refractivity contribution >= 4 is 17.6 Å². The fraction of sp³-hybridized carbons (Fsp3) is 0.500. The lowest BCUT2D eigenvalue weighted by Gasteiger charge is -2.29. The number of carbonyl (C=O) groups is 1. The van der Waals surface area contributed by atoms with Gasteiger partial charge in [0.15, 0.2) is 0 Å². The van der Waals surface area contributed by atoms with Crippen LogP contribution in [0.2, 0.25) is 5.02 Å². The first-order chi connectivity index (χ1) is 8.37. The van der Waals surface area contributed by atoms with Crippen LogP contribution in [0.3, 0.4) is 0 Å². The Morgan fingerprint density at radius 3 is 2.39 bits per heavy atom. The molecule has 1 atom stereocenters. The highest BCUT2D eigenvalue weighted by Gasteiger charge is 2.32. The Bertz CT molecular complexity index is 405. The van der Waals surface area contributed by atoms with Gasteiger partial charge >= 0.3 is 5.97 Å². The molecule has 100 valence electrons. The van der Waals surface area contributed by atoms with Crippen molar-refractivity contribution in [3.63, 3.8) is 0 Å². The van der Waals surface area contributed by atoms with Gasteiger partial charge in [0.1, 0.15) is 0 Å². The van der Waals surface area contributed by atoms with Gasteiger partial charge in [0.2, 0.25) is 0 Å². The number of carboxylic acid groups (broad SMARTS) is 1. The number of rotatable bonds is 6. The quantitative estimate of drug-likeness (QED) is 0.862. The van der Waals surface area contributed by atoms with Crippen molar-refractivity contribution in [3.8, 4) is 0 Å². The molecule has 1 N–H and O–H groups in total. The molecule has 1 aromatic carbocycles. The molecule has 0 heterocycles. The minimum atomic E-state index is -0.743. The summed E-state index contributed by atoms with van der Waals surface area (Å²) in [5, 5.41) is 9.95. The second-order valence-electron chi connectivity index (χ2n) is 5.02. The van der Waals surface area contributed by atoms with E-state index in [-0.39, 0.29) is 0 Å². The Morgan fingerprint density at radius 2 is 1.94 bits per heavy atom. The average Bonchev–Trinajstić information content (AvgIpc) is 2.31. The molecule has 1 rings (SSSR count). The highest BCUT2D eigenvalue weighted by molar-refractivity contribution is 6.30. The van der Waals surface area contributed by atoms with Crippen LogP contribution in [0, 0.1) is 5.41 Å². The monoisotopic (exact) mass is 269 g/mol. The topological polar surface area (TPSA) is 40.5 Å². The van der Waals surface area contributed by atoms with Crippen molar-refractivity contribution in [3.05, 3.63) is 34.9 Å². The lowest BCUT2D eigenvalue weighted by Crippen LogP contribution is -2.38. The summed E-state index contributed by atoms with van der Waals surface area (Å²) in [6, 6.07) is 7.62. The van der Waals surface area contributed by atoms with E-state index in [1.807, 2.05) is 43.1 Å². The smallest absolute Gasteiger partial charge is 0.310 e. The molecule has 1 aromatic rings. The third-order valence-corrected chi connectivity index (χ3v) is 3.53. The van der Waals surface area contributed by atoms with Crippen LogP contribution >= 0.6 is 11.6 Å². The summed E-state index contributed by atoms with van der Waals surface area (Å²) < 4.78 is 0. The Kier molecular flexibility index (Phi) is 5.17. The predicted molar refractivity (Wildman–Crippen MR) is 73.8 cm³/mol. The van der Waals surface area contributed by atoms with Crippen molar-refractivity contribution in [2.45, 2.75) is 26.8 Å². The molecule has 0 aliphatic carbocycles. The SMILES string of the molecule is CCC(C)(CN(C)Cc1ccc(Cl)cc1)C(=O)O. The van der Waals surface area contributed by atoms with E-state index in [9.17, 15) is 9.90 Å². The van der Waals surface area contributed by atoms with Gasteiger partial charge in [-0.15, -0.1) is 0 Å². The molecule has 0 spiro atoms. The van der Waals surface area contributed by atoms with E-state index in [2.05, 4.69) is 0 Å². The van der Waals surface area contributed by atoms with Crippen LogP contribution in [0.5, 0.6) is 0 Å². The van der Waals surface area contributed by atoms with E-state index in [0.717, 1.165) is 12.1 Å². The van der Waals surface area contributed by atoms with Crippen LogP contribution < -0.4 is 0 Å². The first-order valence-corrected chi connectivity index (χ1v) is 6.41. The van der Waals surface area contributed by atoms with Crippen molar-refractivity contribution in [1.82, 2.24) is 4.90 Å². The maximum Gasteiger partial charge on any atom is 0.310 e. The second kappa shape index (κ2) is 6.21. The maximum atomic E-state index is 11.2. The van der Waals surface area contributed by atoms with Gasteiger partial charge in [-0.1, -0.05) is 30.7 Å². The summed E-state index contributed by atoms with van der Waals surface area (Å²) in [6.45, 7) is 4.94. The third kappa shape index (κ3) is 4.00. The molecule has 0 saturated heterocycles. The highest BCUT2D eigenvalue weighted by atomic mass is 35.5. The van der Waals surface area contributed by atoms with Gasteiger partial charge in [-0.3, -0.25) is 4.79 Å². The zero-order chi connectivity index (χ0) is 13.8. The molecule has 0 bridgehead atoms. The molecule has 0 aliphatic heterocycles. The molecule has 4 heteroatoms. The van der Waals surface area contributed by atoms with Gasteiger partial charge in [0.05, 0.1) is 5.41 Å². The maximum absolute atomic E-state index is 11.2. The molecule has 1 unspecified atom stereocenters. The van der Waals surface area contributed by atoms with Crippen LogP contribution in [0.4, 0.5) is 0 Å². The number of hydrogen-bond donors (Lipinski definition) is 1. The lowest BCUT2D eigenvalue weighted by atomic mass is 9.87. The Balaban J connectivity index is 2.63. The zero-order valence-corrected chi connectivity index (χ0v) is 11.9. The van der Waals surface area contributed by atoms with Crippen LogP contribution in [0.25, 0.3) is 0 Å². The van der Waals surface area contributed by atoms with Crippen LogP contribution in [-0.2, 0) is 11.3 Å². The number of aliphatic carboxylic acids is 1. The fourth-order valence-electron chi connectivity index (χ4n) is 1.88. The molecule has 0 saturated carbocycles. The minimum absolute atomic E-state index is 0.529. The van der Waals surface area contributed by atoms with Gasteiger partial charge in [-0.05, 0) is 38.1 Å². The molecular formula is C14H20ClNO2. The van der Waals surface area contributed by atoms with Gasteiger partial charge in [0, 0.05) is 18.1 Å². The number of benzene rings is 1. The summed E-state index contributed by atoms with van der Waals surface area (Å²) in [5.74, 6) is -0.743. The molecule has 0 radical (unpaired) electrons. The molecule has 0 amide bonds. The molecule has 3 nitrogen and oxygen atoms in total. The van der Waals surface area contributed by atoms with Crippen molar-refractivity contribution in [2.75, 3.05) is 13.6 Å². The number of carboxylic acids is 1. The molecular weight excluding hydrogens is 250 g/mol. The minimum Gasteiger partial charge on any atom is -0.481 e. The van der Waals surface area contributed by atoms with E-state index in [1.54, 1.807) is 6.92 Å². The summed E-state index contributed by atoms with van der Waals surface area (Å²) in [5.41, 5.74) is 0.437. The van der Waals surface area contributed by atoms with Crippen molar-refractivity contribution < 1.29 is 9.90 Å². The van der Waals surface area contributed by atoms with Crippen LogP contribution in [-0.4, -0.2) is 29.6 Å². The van der Waals surface area contributed by atoms with E-state index in [4.69, 9.17) is 11.6 Å². The number of halogens is 1. The van der Waals surface area contributed by atoms with Gasteiger partial charge < -0.3 is 10.0 Å². The van der Waals surface area contributed by atoms with E-state index in [1.165, 1.54) is 0 Å². The fourth-order valence-corrected chi connectivity index (χ4v) is 2.01. The van der Waals surface area contributed by atoms with Gasteiger partial charge in [0.25, 0.3) is 0 Å². The standard InChI is InChI=1S/C14H20ClNO2/c1-4-14(2,13(17)18)10-16(3)9-11-5-7-12(15)8-6-11/h5-8H,4,9-10H2,1-3H3,(H,17,18). The summed E-state index contributed by atoms with van der Waals surface area (Å²) in [7, 11) is 1.94. The van der Waals surface area contributed by atoms with E-state index in [0.29, 0.717) is 18.0 Å². The lowest BCUT2D eigenvalue weighted by molar-refractivity contribution is -0.149. The van der Waals surface area contributed by atoms with E-state index < -0.39 is 11.4 Å². The van der Waals surface area contributed by atoms with Crippen molar-refractivity contribution in [1.29, 1.82) is 0 Å². The number of hydrogen-bond acceptors (Lipinski definition) is 2. The Morgan fingerprint density at radius 1 is 1.39 bits per heavy atom. The highest BCUT2D eigenvalue weighted by Crippen LogP contribution is 2.23. The van der Waals surface area contributed by atoms with Gasteiger partial charge in [-0.2, -0.15) is 0 Å². The normalized spacial score (nSPS) is 14.5. The first-order valence-electron chi connectivity index (χ1n) is 6.04. The Hall–Kier alpha value is -1.06. The average molecular weight is 270 g/mol. The molecule has 0 aliphatic rings. The molecule has 18 heavy (non-hydrogen) atoms. The first kappa shape index (κ1) is 15.0.